The van der Waals surface area contributed by atoms with Gasteiger partial charge in [-0.2, -0.15) is 15.5 Å². The van der Waals surface area contributed by atoms with E-state index in [9.17, 15) is 10.5 Å². The number of hydrogen-bond acceptors (Lipinski definition) is 5. The van der Waals surface area contributed by atoms with Gasteiger partial charge in [-0.15, -0.1) is 0 Å². The van der Waals surface area contributed by atoms with Crippen molar-refractivity contribution in [3.63, 3.8) is 0 Å². The summed E-state index contributed by atoms with van der Waals surface area (Å²) >= 11 is 0. The number of rotatable bonds is 1. The fourth-order valence-corrected chi connectivity index (χ4v) is 4.99. The lowest BCUT2D eigenvalue weighted by Gasteiger charge is -2.63. The summed E-state index contributed by atoms with van der Waals surface area (Å²) < 4.78 is 12.4. The molecular formula is C16H18N4O2. The van der Waals surface area contributed by atoms with Crippen LogP contribution in [0.3, 0.4) is 0 Å². The zero-order valence-electron chi connectivity index (χ0n) is 12.7. The summed E-state index contributed by atoms with van der Waals surface area (Å²) in [5, 5.41) is 28.5. The molecular weight excluding hydrogens is 280 g/mol. The molecule has 4 heterocycles. The zero-order valence-corrected chi connectivity index (χ0v) is 12.7. The molecule has 0 aromatic heterocycles. The number of fused-ring (bicyclic) bond motifs is 1. The molecule has 4 fully saturated rings. The first kappa shape index (κ1) is 13.7. The third-order valence-corrected chi connectivity index (χ3v) is 5.85. The van der Waals surface area contributed by atoms with Crippen molar-refractivity contribution in [3.8, 4) is 12.1 Å². The maximum Gasteiger partial charge on any atom is 0.218 e. The summed E-state index contributed by atoms with van der Waals surface area (Å²) in [5.41, 5.74) is -2.51. The number of ether oxygens (including phenoxy) is 2. The Morgan fingerprint density at radius 2 is 2.00 bits per heavy atom. The van der Waals surface area contributed by atoms with Crippen molar-refractivity contribution in [3.05, 3.63) is 0 Å². The summed E-state index contributed by atoms with van der Waals surface area (Å²) in [6.45, 7) is 3.96. The minimum Gasteiger partial charge on any atom is -0.447 e. The molecule has 4 aliphatic heterocycles. The van der Waals surface area contributed by atoms with Crippen molar-refractivity contribution in [1.29, 1.82) is 15.9 Å². The summed E-state index contributed by atoms with van der Waals surface area (Å²) in [7, 11) is 0. The van der Waals surface area contributed by atoms with Crippen molar-refractivity contribution in [2.45, 2.75) is 51.4 Å². The first-order chi connectivity index (χ1) is 10.5. The first-order valence-electron chi connectivity index (χ1n) is 7.86. The average molecular weight is 298 g/mol. The Bertz CT molecular complexity index is 687. The van der Waals surface area contributed by atoms with Crippen LogP contribution in [0.5, 0.6) is 0 Å². The van der Waals surface area contributed by atoms with E-state index in [1.807, 2.05) is 13.8 Å². The minimum absolute atomic E-state index is 0.0192. The third kappa shape index (κ3) is 1.11. The summed E-state index contributed by atoms with van der Waals surface area (Å²) in [6, 6.07) is 4.65. The van der Waals surface area contributed by atoms with Crippen molar-refractivity contribution < 1.29 is 9.47 Å². The average Bonchev–Trinajstić information content (AvgIpc) is 2.70. The predicted molar refractivity (Wildman–Crippen MR) is 76.7 cm³/mol. The number of nitriles is 2. The van der Waals surface area contributed by atoms with Crippen LogP contribution in [0.1, 0.15) is 39.5 Å². The Labute approximate surface area is 129 Å². The van der Waals surface area contributed by atoms with E-state index in [1.165, 1.54) is 0 Å². The summed E-state index contributed by atoms with van der Waals surface area (Å²) in [5.74, 6) is -0.926. The number of aliphatic imine (C=N–C) groups is 1. The molecule has 4 bridgehead atoms. The molecule has 0 amide bonds. The van der Waals surface area contributed by atoms with E-state index in [2.05, 4.69) is 17.1 Å². The van der Waals surface area contributed by atoms with Crippen LogP contribution in [0.4, 0.5) is 0 Å². The van der Waals surface area contributed by atoms with Crippen LogP contribution in [0.15, 0.2) is 4.99 Å². The molecule has 0 aromatic carbocycles. The second-order valence-corrected chi connectivity index (χ2v) is 7.10. The van der Waals surface area contributed by atoms with E-state index in [-0.39, 0.29) is 23.6 Å². The fourth-order valence-electron chi connectivity index (χ4n) is 4.99. The Morgan fingerprint density at radius 3 is 2.64 bits per heavy atom. The molecule has 1 N–H and O–H groups in total. The van der Waals surface area contributed by atoms with Crippen LogP contribution in [-0.4, -0.2) is 23.6 Å². The monoisotopic (exact) mass is 298 g/mol. The molecule has 6 nitrogen and oxygen atoms in total. The molecule has 1 saturated carbocycles. The van der Waals surface area contributed by atoms with Gasteiger partial charge >= 0.3 is 0 Å². The molecule has 6 heteroatoms. The van der Waals surface area contributed by atoms with E-state index >= 15 is 0 Å². The highest BCUT2D eigenvalue weighted by atomic mass is 16.7. The van der Waals surface area contributed by atoms with Gasteiger partial charge in [0.05, 0.1) is 24.2 Å². The van der Waals surface area contributed by atoms with Gasteiger partial charge in [0.25, 0.3) is 0 Å². The van der Waals surface area contributed by atoms with Crippen LogP contribution in [0, 0.1) is 50.7 Å². The molecule has 1 spiro atoms. The number of hydrogen-bond donors (Lipinski definition) is 1. The Hall–Kier alpha value is -1.92. The van der Waals surface area contributed by atoms with E-state index in [1.54, 1.807) is 0 Å². The molecule has 3 saturated heterocycles. The molecule has 0 radical (unpaired) electrons. The first-order valence-corrected chi connectivity index (χ1v) is 7.86. The van der Waals surface area contributed by atoms with Gasteiger partial charge in [-0.3, -0.25) is 5.41 Å². The van der Waals surface area contributed by atoms with Gasteiger partial charge in [0.1, 0.15) is 5.84 Å². The maximum atomic E-state index is 10.1. The predicted octanol–water partition coefficient (Wildman–Crippen LogP) is 2.37. The highest BCUT2D eigenvalue weighted by molar-refractivity contribution is 6.12. The molecule has 1 aliphatic carbocycles. The highest BCUT2D eigenvalue weighted by Crippen LogP contribution is 2.69. The van der Waals surface area contributed by atoms with E-state index < -0.39 is 22.7 Å². The van der Waals surface area contributed by atoms with E-state index in [0.29, 0.717) is 6.42 Å². The van der Waals surface area contributed by atoms with Crippen molar-refractivity contribution >= 4 is 11.7 Å². The van der Waals surface area contributed by atoms with Crippen LogP contribution in [0.2, 0.25) is 0 Å². The third-order valence-electron chi connectivity index (χ3n) is 5.85. The van der Waals surface area contributed by atoms with Gasteiger partial charge in [0, 0.05) is 6.42 Å². The smallest absolute Gasteiger partial charge is 0.218 e. The Kier molecular flexibility index (Phi) is 2.42. The van der Waals surface area contributed by atoms with Crippen LogP contribution in [0.25, 0.3) is 0 Å². The largest absolute Gasteiger partial charge is 0.447 e. The molecule has 22 heavy (non-hydrogen) atoms. The second-order valence-electron chi connectivity index (χ2n) is 7.10. The molecule has 5 atom stereocenters. The van der Waals surface area contributed by atoms with Gasteiger partial charge < -0.3 is 9.47 Å². The van der Waals surface area contributed by atoms with Gasteiger partial charge in [-0.1, -0.05) is 20.3 Å². The fraction of sp³-hybridized carbons (Fsp3) is 0.750. The lowest BCUT2D eigenvalue weighted by molar-refractivity contribution is -0.358. The molecule has 0 unspecified atom stereocenters. The van der Waals surface area contributed by atoms with Gasteiger partial charge in [0.15, 0.2) is 10.8 Å². The summed E-state index contributed by atoms with van der Waals surface area (Å²) in [4.78, 5) is 4.22. The van der Waals surface area contributed by atoms with Crippen molar-refractivity contribution in [2.75, 3.05) is 0 Å². The normalized spacial score (nSPS) is 48.2. The molecule has 5 rings (SSSR count). The van der Waals surface area contributed by atoms with Crippen molar-refractivity contribution in [2.24, 2.45) is 27.7 Å². The lowest BCUT2D eigenvalue weighted by atomic mass is 9.48. The minimum atomic E-state index is -1.28. The zero-order chi connectivity index (χ0) is 15.8. The topological polar surface area (TPSA) is 102 Å². The van der Waals surface area contributed by atoms with Gasteiger partial charge in [-0.05, 0) is 18.8 Å². The standard InChI is InChI=1S/C16H18N4O2/c1-9(2)11-15(8-18)13-20-12(19)14(15,7-17)10-5-3-4-6-16(10,21-11)22-13/h9-11,19H,3-6H2,1-2H3/t10-,11+,14+,15-,16-/m1/s1. The maximum absolute atomic E-state index is 10.1. The molecule has 114 valence electrons. The van der Waals surface area contributed by atoms with Gasteiger partial charge in [-0.25, -0.2) is 0 Å². The van der Waals surface area contributed by atoms with E-state index in [0.717, 1.165) is 19.3 Å². The molecule has 5 aliphatic rings. The SMILES string of the molecule is CC(C)[C@@H]1O[C@@]23CCCC[C@@H]2[C@@]2(C#N)C(=N)N=C(O3)[C@@]12C#N. The van der Waals surface area contributed by atoms with Gasteiger partial charge in [0.2, 0.25) is 11.7 Å². The Morgan fingerprint density at radius 1 is 1.27 bits per heavy atom. The number of amidine groups is 1. The van der Waals surface area contributed by atoms with Crippen LogP contribution >= 0.6 is 0 Å². The second kappa shape index (κ2) is 3.88. The Balaban J connectivity index is 2.04. The number of nitrogens with one attached hydrogen (secondary N) is 1. The lowest BCUT2D eigenvalue weighted by Crippen LogP contribution is -2.76. The highest BCUT2D eigenvalue weighted by Gasteiger charge is 2.83. The van der Waals surface area contributed by atoms with Crippen molar-refractivity contribution in [1.82, 2.24) is 0 Å². The quantitative estimate of drug-likeness (QED) is 0.802. The van der Waals surface area contributed by atoms with Crippen LogP contribution < -0.4 is 0 Å². The van der Waals surface area contributed by atoms with Crippen LogP contribution in [-0.2, 0) is 9.47 Å². The van der Waals surface area contributed by atoms with E-state index in [4.69, 9.17) is 14.9 Å². The molecule has 0 aromatic rings. The summed E-state index contributed by atoms with van der Waals surface area (Å²) in [6.07, 6.45) is 2.87. The number of nitrogens with zero attached hydrogens (tertiary/aromatic N) is 3.